The van der Waals surface area contributed by atoms with Gasteiger partial charge in [0.1, 0.15) is 6.61 Å². The summed E-state index contributed by atoms with van der Waals surface area (Å²) in [4.78, 5) is 0. The lowest BCUT2D eigenvalue weighted by molar-refractivity contribution is -0.676. The van der Waals surface area contributed by atoms with E-state index in [1.807, 2.05) is 24.3 Å². The fourth-order valence-corrected chi connectivity index (χ4v) is 2.11. The molecule has 3 rings (SSSR count). The molecule has 2 nitrogen and oxygen atoms in total. The van der Waals surface area contributed by atoms with E-state index in [9.17, 15) is 0 Å². The normalized spacial score (nSPS) is 14.1. The van der Waals surface area contributed by atoms with E-state index in [1.54, 1.807) is 0 Å². The minimum absolute atomic E-state index is 0.735. The van der Waals surface area contributed by atoms with Gasteiger partial charge in [-0.15, -0.1) is 0 Å². The Kier molecular flexibility index (Phi) is 1.64. The molecule has 0 spiro atoms. The number of benzene rings is 1. The van der Waals surface area contributed by atoms with Gasteiger partial charge in [-0.05, 0) is 18.2 Å². The number of pyridine rings is 1. The van der Waals surface area contributed by atoms with E-state index >= 15 is 0 Å². The molecule has 0 N–H and O–H groups in total. The number of aromatic nitrogens is 1. The summed E-state index contributed by atoms with van der Waals surface area (Å²) in [5.41, 5.74) is 1.10. The van der Waals surface area contributed by atoms with E-state index in [1.165, 1.54) is 0 Å². The fourth-order valence-electron chi connectivity index (χ4n) is 1.89. The topological polar surface area (TPSA) is 13.1 Å². The molecule has 0 radical (unpaired) electrons. The molecule has 0 saturated carbocycles. The Morgan fingerprint density at radius 2 is 2.21 bits per heavy atom. The van der Waals surface area contributed by atoms with Crippen LogP contribution >= 0.6 is 11.6 Å². The van der Waals surface area contributed by atoms with Crippen molar-refractivity contribution in [2.75, 3.05) is 6.61 Å². The standard InChI is InChI=1S/C11H9ClNO/c12-9-3-4-10-11-8(9)2-1-5-13(11)6-7-14-10/h1-5H,6-7H2/q+1. The Bertz CT molecular complexity index is 500. The van der Waals surface area contributed by atoms with Crippen LogP contribution < -0.4 is 9.30 Å². The number of hydrogen-bond acceptors (Lipinski definition) is 1. The third-order valence-corrected chi connectivity index (χ3v) is 2.86. The molecule has 1 aliphatic heterocycles. The Labute approximate surface area is 86.7 Å². The van der Waals surface area contributed by atoms with Crippen LogP contribution in [0.1, 0.15) is 0 Å². The first kappa shape index (κ1) is 8.06. The summed E-state index contributed by atoms with van der Waals surface area (Å²) in [5.74, 6) is 0.927. The van der Waals surface area contributed by atoms with Crippen molar-refractivity contribution in [1.82, 2.24) is 0 Å². The van der Waals surface area contributed by atoms with E-state index in [0.717, 1.165) is 34.8 Å². The van der Waals surface area contributed by atoms with Crippen LogP contribution in [0.25, 0.3) is 10.9 Å². The molecule has 0 saturated heterocycles. The minimum atomic E-state index is 0.735. The fraction of sp³-hybridized carbons (Fsp3) is 0.182. The minimum Gasteiger partial charge on any atom is -0.480 e. The van der Waals surface area contributed by atoms with Crippen LogP contribution in [0.2, 0.25) is 5.02 Å². The number of nitrogens with zero attached hydrogens (tertiary/aromatic N) is 1. The van der Waals surface area contributed by atoms with Crippen molar-refractivity contribution < 1.29 is 9.30 Å². The van der Waals surface area contributed by atoms with Crippen molar-refractivity contribution in [3.63, 3.8) is 0 Å². The summed E-state index contributed by atoms with van der Waals surface area (Å²) in [6.07, 6.45) is 2.06. The lowest BCUT2D eigenvalue weighted by Crippen LogP contribution is -2.40. The van der Waals surface area contributed by atoms with E-state index < -0.39 is 0 Å². The average molecular weight is 207 g/mol. The molecular weight excluding hydrogens is 198 g/mol. The van der Waals surface area contributed by atoms with Gasteiger partial charge in [-0.3, -0.25) is 0 Å². The van der Waals surface area contributed by atoms with Crippen LogP contribution in [-0.4, -0.2) is 6.61 Å². The molecule has 1 aliphatic rings. The number of halogens is 1. The average Bonchev–Trinajstić information content (AvgIpc) is 2.24. The molecule has 0 bridgehead atoms. The van der Waals surface area contributed by atoms with E-state index in [4.69, 9.17) is 16.3 Å². The molecule has 0 amide bonds. The highest BCUT2D eigenvalue weighted by atomic mass is 35.5. The zero-order valence-corrected chi connectivity index (χ0v) is 8.29. The first-order chi connectivity index (χ1) is 6.86. The maximum atomic E-state index is 6.11. The zero-order valence-electron chi connectivity index (χ0n) is 7.53. The highest BCUT2D eigenvalue weighted by Gasteiger charge is 2.20. The highest BCUT2D eigenvalue weighted by Crippen LogP contribution is 2.29. The van der Waals surface area contributed by atoms with Gasteiger partial charge in [0.15, 0.2) is 18.5 Å². The number of rotatable bonds is 0. The Balaban J connectivity index is 2.51. The van der Waals surface area contributed by atoms with Crippen molar-refractivity contribution in [2.24, 2.45) is 0 Å². The maximum Gasteiger partial charge on any atom is 0.256 e. The van der Waals surface area contributed by atoms with Gasteiger partial charge in [-0.2, -0.15) is 4.57 Å². The lowest BCUT2D eigenvalue weighted by atomic mass is 10.2. The van der Waals surface area contributed by atoms with Crippen LogP contribution in [0.15, 0.2) is 30.5 Å². The van der Waals surface area contributed by atoms with Gasteiger partial charge in [0.25, 0.3) is 5.52 Å². The number of ether oxygens (including phenoxy) is 1. The number of hydrogen-bond donors (Lipinski definition) is 0. The molecule has 1 aromatic heterocycles. The van der Waals surface area contributed by atoms with Gasteiger partial charge in [0.05, 0.1) is 10.4 Å². The predicted molar refractivity (Wildman–Crippen MR) is 54.6 cm³/mol. The van der Waals surface area contributed by atoms with Crippen molar-refractivity contribution >= 4 is 22.5 Å². The van der Waals surface area contributed by atoms with Crippen molar-refractivity contribution in [2.45, 2.75) is 6.54 Å². The first-order valence-electron chi connectivity index (χ1n) is 4.60. The van der Waals surface area contributed by atoms with Gasteiger partial charge in [0.2, 0.25) is 0 Å². The van der Waals surface area contributed by atoms with Crippen molar-refractivity contribution in [3.8, 4) is 5.75 Å². The molecular formula is C11H9ClNO+. The molecule has 0 fully saturated rings. The quantitative estimate of drug-likeness (QED) is 0.603. The maximum absolute atomic E-state index is 6.11. The second-order valence-electron chi connectivity index (χ2n) is 3.36. The van der Waals surface area contributed by atoms with Crippen LogP contribution in [-0.2, 0) is 6.54 Å². The van der Waals surface area contributed by atoms with Crippen molar-refractivity contribution in [3.05, 3.63) is 35.5 Å². The van der Waals surface area contributed by atoms with Gasteiger partial charge in [-0.25, -0.2) is 0 Å². The molecule has 0 aliphatic carbocycles. The lowest BCUT2D eigenvalue weighted by Gasteiger charge is -2.13. The van der Waals surface area contributed by atoms with E-state index in [2.05, 4.69) is 10.8 Å². The third kappa shape index (κ3) is 1.01. The Morgan fingerprint density at radius 3 is 3.14 bits per heavy atom. The molecule has 0 atom stereocenters. The molecule has 1 aromatic carbocycles. The van der Waals surface area contributed by atoms with Gasteiger partial charge >= 0.3 is 0 Å². The third-order valence-electron chi connectivity index (χ3n) is 2.53. The van der Waals surface area contributed by atoms with E-state index in [0.29, 0.717) is 0 Å². The smallest absolute Gasteiger partial charge is 0.256 e. The van der Waals surface area contributed by atoms with Gasteiger partial charge < -0.3 is 4.74 Å². The Hall–Kier alpha value is -1.28. The van der Waals surface area contributed by atoms with Gasteiger partial charge in [-0.1, -0.05) is 11.6 Å². The zero-order chi connectivity index (χ0) is 9.54. The monoisotopic (exact) mass is 206 g/mol. The molecule has 2 aromatic rings. The first-order valence-corrected chi connectivity index (χ1v) is 4.97. The summed E-state index contributed by atoms with van der Waals surface area (Å²) in [6, 6.07) is 7.85. The van der Waals surface area contributed by atoms with E-state index in [-0.39, 0.29) is 0 Å². The van der Waals surface area contributed by atoms with Gasteiger partial charge in [0, 0.05) is 6.07 Å². The summed E-state index contributed by atoms with van der Waals surface area (Å²) in [5, 5.41) is 1.84. The summed E-state index contributed by atoms with van der Waals surface area (Å²) >= 11 is 6.11. The van der Waals surface area contributed by atoms with Crippen molar-refractivity contribution in [1.29, 1.82) is 0 Å². The molecule has 3 heteroatoms. The van der Waals surface area contributed by atoms with Crippen LogP contribution in [0.4, 0.5) is 0 Å². The summed E-state index contributed by atoms with van der Waals surface area (Å²) in [7, 11) is 0. The van der Waals surface area contributed by atoms with Crippen LogP contribution in [0, 0.1) is 0 Å². The SMILES string of the molecule is Clc1ccc2c3c1ccc[n+]3CCO2. The molecule has 0 unspecified atom stereocenters. The summed E-state index contributed by atoms with van der Waals surface area (Å²) < 4.78 is 7.75. The second-order valence-corrected chi connectivity index (χ2v) is 3.77. The molecule has 14 heavy (non-hydrogen) atoms. The molecule has 70 valence electrons. The Morgan fingerprint density at radius 1 is 1.29 bits per heavy atom. The molecule has 2 heterocycles. The second kappa shape index (κ2) is 2.85. The predicted octanol–water partition coefficient (Wildman–Crippen LogP) is 2.17. The van der Waals surface area contributed by atoms with Crippen LogP contribution in [0.5, 0.6) is 5.75 Å². The van der Waals surface area contributed by atoms with Crippen LogP contribution in [0.3, 0.4) is 0 Å². The largest absolute Gasteiger partial charge is 0.480 e. The summed E-state index contributed by atoms with van der Waals surface area (Å²) in [6.45, 7) is 1.63. The highest BCUT2D eigenvalue weighted by molar-refractivity contribution is 6.35.